The van der Waals surface area contributed by atoms with E-state index in [9.17, 15) is 16.8 Å². The summed E-state index contributed by atoms with van der Waals surface area (Å²) >= 11 is 0. The molecule has 0 aromatic rings. The van der Waals surface area contributed by atoms with E-state index in [1.54, 1.807) is 0 Å². The molecule has 0 bridgehead atoms. The number of hydrogen-bond acceptors (Lipinski definition) is 4. The lowest BCUT2D eigenvalue weighted by molar-refractivity contribution is 0.133. The molecule has 0 saturated carbocycles. The van der Waals surface area contributed by atoms with Gasteiger partial charge in [0.1, 0.15) is 0 Å². The molecule has 0 aliphatic heterocycles. The molecule has 20 heavy (non-hydrogen) atoms. The Hall–Kier alpha value is -0.180. The van der Waals surface area contributed by atoms with Gasteiger partial charge in [-0.1, -0.05) is 34.1 Å². The Kier molecular flexibility index (Phi) is 7.13. The second-order valence-corrected chi connectivity index (χ2v) is 9.22. The van der Waals surface area contributed by atoms with Crippen LogP contribution in [0.15, 0.2) is 0 Å². The summed E-state index contributed by atoms with van der Waals surface area (Å²) in [5.74, 6) is -0.807. The Labute approximate surface area is 122 Å². The van der Waals surface area contributed by atoms with Gasteiger partial charge in [0.2, 0.25) is 0 Å². The third kappa shape index (κ3) is 8.18. The molecule has 0 aromatic carbocycles. The minimum atomic E-state index is -4.03. The normalized spacial score (nSPS) is 16.9. The highest BCUT2D eigenvalue weighted by molar-refractivity contribution is 7.86. The van der Waals surface area contributed by atoms with E-state index in [4.69, 9.17) is 9.11 Å². The SMILES string of the molecule is CCC(C)(C)C(CCS(=O)(=O)O)C(C)CCS(=O)(=O)O. The summed E-state index contributed by atoms with van der Waals surface area (Å²) < 4.78 is 61.1. The molecule has 2 atom stereocenters. The van der Waals surface area contributed by atoms with Crippen LogP contribution < -0.4 is 0 Å². The zero-order valence-electron chi connectivity index (χ0n) is 12.5. The van der Waals surface area contributed by atoms with Crippen molar-refractivity contribution in [2.45, 2.75) is 47.0 Å². The molecule has 0 spiro atoms. The van der Waals surface area contributed by atoms with Gasteiger partial charge in [-0.2, -0.15) is 16.8 Å². The Morgan fingerprint density at radius 2 is 1.35 bits per heavy atom. The van der Waals surface area contributed by atoms with Gasteiger partial charge in [-0.25, -0.2) is 0 Å². The van der Waals surface area contributed by atoms with Crippen molar-refractivity contribution in [3.05, 3.63) is 0 Å². The van der Waals surface area contributed by atoms with Gasteiger partial charge in [-0.3, -0.25) is 9.11 Å². The third-order valence-corrected chi connectivity index (χ3v) is 5.62. The van der Waals surface area contributed by atoms with Gasteiger partial charge in [-0.05, 0) is 30.1 Å². The summed E-state index contributed by atoms with van der Waals surface area (Å²) in [4.78, 5) is 0. The highest BCUT2D eigenvalue weighted by atomic mass is 32.2. The van der Waals surface area contributed by atoms with Crippen LogP contribution in [-0.4, -0.2) is 37.4 Å². The van der Waals surface area contributed by atoms with Crippen molar-refractivity contribution in [2.75, 3.05) is 11.5 Å². The first-order valence-electron chi connectivity index (χ1n) is 6.69. The van der Waals surface area contributed by atoms with Crippen molar-refractivity contribution in [1.82, 2.24) is 0 Å². The first kappa shape index (κ1) is 19.8. The van der Waals surface area contributed by atoms with Crippen molar-refractivity contribution < 1.29 is 25.9 Å². The summed E-state index contributed by atoms with van der Waals surface area (Å²) in [7, 11) is -8.05. The van der Waals surface area contributed by atoms with Gasteiger partial charge >= 0.3 is 0 Å². The van der Waals surface area contributed by atoms with Crippen LogP contribution in [0.5, 0.6) is 0 Å². The zero-order chi connectivity index (χ0) is 16.2. The van der Waals surface area contributed by atoms with E-state index in [2.05, 4.69) is 0 Å². The molecule has 6 nitrogen and oxygen atoms in total. The van der Waals surface area contributed by atoms with Gasteiger partial charge in [0.15, 0.2) is 0 Å². The van der Waals surface area contributed by atoms with Crippen molar-refractivity contribution in [1.29, 1.82) is 0 Å². The molecule has 0 rings (SSSR count). The standard InChI is InChI=1S/C12H26O6S2/c1-5-12(3,4)11(7-9-20(16,17)18)10(2)6-8-19(13,14)15/h10-11H,5-9H2,1-4H3,(H,13,14,15)(H,16,17,18). The van der Waals surface area contributed by atoms with E-state index in [1.165, 1.54) is 0 Å². The Bertz CT molecular complexity index is 492. The average Bonchev–Trinajstić information content (AvgIpc) is 2.23. The molecule has 0 aliphatic rings. The molecule has 8 heteroatoms. The van der Waals surface area contributed by atoms with Crippen LogP contribution in [0.1, 0.15) is 47.0 Å². The number of hydrogen-bond donors (Lipinski definition) is 2. The number of rotatable bonds is 9. The second kappa shape index (κ2) is 7.20. The molecule has 0 aromatic heterocycles. The quantitative estimate of drug-likeness (QED) is 0.627. The van der Waals surface area contributed by atoms with Crippen molar-refractivity contribution in [2.24, 2.45) is 17.3 Å². The van der Waals surface area contributed by atoms with E-state index < -0.39 is 20.2 Å². The fourth-order valence-electron chi connectivity index (χ4n) is 2.52. The maximum atomic E-state index is 10.9. The van der Waals surface area contributed by atoms with E-state index in [-0.39, 0.29) is 41.6 Å². The monoisotopic (exact) mass is 330 g/mol. The van der Waals surface area contributed by atoms with E-state index in [0.717, 1.165) is 6.42 Å². The highest BCUT2D eigenvalue weighted by Crippen LogP contribution is 2.39. The topological polar surface area (TPSA) is 109 Å². The Morgan fingerprint density at radius 3 is 1.70 bits per heavy atom. The molecular formula is C12H26O6S2. The largest absolute Gasteiger partial charge is 0.286 e. The minimum absolute atomic E-state index is 0.0591. The molecular weight excluding hydrogens is 304 g/mol. The minimum Gasteiger partial charge on any atom is -0.286 e. The van der Waals surface area contributed by atoms with Crippen LogP contribution in [0.4, 0.5) is 0 Å². The maximum absolute atomic E-state index is 10.9. The Morgan fingerprint density at radius 1 is 0.950 bits per heavy atom. The molecule has 0 amide bonds. The molecule has 0 heterocycles. The van der Waals surface area contributed by atoms with Gasteiger partial charge in [0.25, 0.3) is 20.2 Å². The molecule has 2 unspecified atom stereocenters. The smallest absolute Gasteiger partial charge is 0.264 e. The van der Waals surface area contributed by atoms with Gasteiger partial charge in [-0.15, -0.1) is 0 Å². The van der Waals surface area contributed by atoms with Crippen LogP contribution in [0, 0.1) is 17.3 Å². The second-order valence-electron chi connectivity index (χ2n) is 6.08. The summed E-state index contributed by atoms with van der Waals surface area (Å²) in [6, 6.07) is 0. The first-order valence-corrected chi connectivity index (χ1v) is 9.90. The zero-order valence-corrected chi connectivity index (χ0v) is 14.2. The summed E-state index contributed by atoms with van der Waals surface area (Å²) in [6.07, 6.45) is 1.34. The maximum Gasteiger partial charge on any atom is 0.264 e. The fourth-order valence-corrected chi connectivity index (χ4v) is 3.74. The van der Waals surface area contributed by atoms with Gasteiger partial charge < -0.3 is 0 Å². The van der Waals surface area contributed by atoms with Crippen molar-refractivity contribution >= 4 is 20.2 Å². The molecule has 122 valence electrons. The predicted octanol–water partition coefficient (Wildman–Crippen LogP) is 2.23. The van der Waals surface area contributed by atoms with Crippen LogP contribution in [0.3, 0.4) is 0 Å². The molecule has 0 radical (unpaired) electrons. The van der Waals surface area contributed by atoms with Crippen LogP contribution >= 0.6 is 0 Å². The first-order chi connectivity index (χ1) is 8.78. The van der Waals surface area contributed by atoms with Crippen molar-refractivity contribution in [3.63, 3.8) is 0 Å². The van der Waals surface area contributed by atoms with Gasteiger partial charge in [0.05, 0.1) is 11.5 Å². The molecule has 0 fully saturated rings. The van der Waals surface area contributed by atoms with E-state index >= 15 is 0 Å². The van der Waals surface area contributed by atoms with Crippen LogP contribution in [0.25, 0.3) is 0 Å². The van der Waals surface area contributed by atoms with Crippen LogP contribution in [-0.2, 0) is 20.2 Å². The fraction of sp³-hybridized carbons (Fsp3) is 1.00. The van der Waals surface area contributed by atoms with Gasteiger partial charge in [0, 0.05) is 0 Å². The highest BCUT2D eigenvalue weighted by Gasteiger charge is 2.33. The average molecular weight is 330 g/mol. The summed E-state index contributed by atoms with van der Waals surface area (Å²) in [5.41, 5.74) is -0.177. The predicted molar refractivity (Wildman–Crippen MR) is 78.8 cm³/mol. The summed E-state index contributed by atoms with van der Waals surface area (Å²) in [6.45, 7) is 7.81. The Balaban J connectivity index is 4.93. The lowest BCUT2D eigenvalue weighted by atomic mass is 9.69. The molecule has 2 N–H and O–H groups in total. The third-order valence-electron chi connectivity index (χ3n) is 4.12. The van der Waals surface area contributed by atoms with E-state index in [1.807, 2.05) is 27.7 Å². The van der Waals surface area contributed by atoms with E-state index in [0.29, 0.717) is 0 Å². The van der Waals surface area contributed by atoms with Crippen LogP contribution in [0.2, 0.25) is 0 Å². The summed E-state index contributed by atoms with van der Waals surface area (Å²) in [5, 5.41) is 0. The lowest BCUT2D eigenvalue weighted by Crippen LogP contribution is -2.32. The lowest BCUT2D eigenvalue weighted by Gasteiger charge is -2.37. The molecule has 0 aliphatic carbocycles. The van der Waals surface area contributed by atoms with Crippen molar-refractivity contribution in [3.8, 4) is 0 Å². The molecule has 0 saturated heterocycles.